The van der Waals surface area contributed by atoms with Gasteiger partial charge in [-0.1, -0.05) is 38.8 Å². The molecule has 0 unspecified atom stereocenters. The molecule has 0 saturated carbocycles. The van der Waals surface area contributed by atoms with Crippen LogP contribution in [0, 0.1) is 0 Å². The fourth-order valence-electron chi connectivity index (χ4n) is 2.16. The maximum atomic E-state index is 5.19. The second-order valence-electron chi connectivity index (χ2n) is 4.83. The summed E-state index contributed by atoms with van der Waals surface area (Å²) in [6.07, 6.45) is 5.17. The Balaban J connectivity index is 2.47. The fourth-order valence-corrected chi connectivity index (χ4v) is 2.16. The summed E-state index contributed by atoms with van der Waals surface area (Å²) in [6.45, 7) is 7.97. The lowest BCUT2D eigenvalue weighted by Gasteiger charge is -2.21. The summed E-state index contributed by atoms with van der Waals surface area (Å²) in [4.78, 5) is 2.55. The Morgan fingerprint density at radius 3 is 2.22 bits per heavy atom. The average Bonchev–Trinajstić information content (AvgIpc) is 2.40. The quantitative estimate of drug-likeness (QED) is 0.611. The van der Waals surface area contributed by atoms with E-state index in [1.807, 2.05) is 12.1 Å². The first-order chi connectivity index (χ1) is 8.80. The molecule has 0 aromatic heterocycles. The molecule has 0 amide bonds. The zero-order valence-electron chi connectivity index (χ0n) is 12.1. The molecule has 0 spiro atoms. The molecule has 0 aliphatic heterocycles. The highest BCUT2D eigenvalue weighted by Crippen LogP contribution is 2.13. The van der Waals surface area contributed by atoms with Crippen LogP contribution in [0.15, 0.2) is 24.3 Å². The summed E-state index contributed by atoms with van der Waals surface area (Å²) in [5.41, 5.74) is 1.38. The van der Waals surface area contributed by atoms with E-state index in [0.717, 1.165) is 12.3 Å². The van der Waals surface area contributed by atoms with E-state index in [1.54, 1.807) is 7.11 Å². The highest BCUT2D eigenvalue weighted by molar-refractivity contribution is 5.27. The van der Waals surface area contributed by atoms with Crippen molar-refractivity contribution in [3.63, 3.8) is 0 Å². The predicted molar refractivity (Wildman–Crippen MR) is 78.1 cm³/mol. The second kappa shape index (κ2) is 8.98. The van der Waals surface area contributed by atoms with Gasteiger partial charge in [0, 0.05) is 6.54 Å². The Morgan fingerprint density at radius 2 is 1.67 bits per heavy atom. The highest BCUT2D eigenvalue weighted by atomic mass is 16.5. The van der Waals surface area contributed by atoms with Gasteiger partial charge in [-0.25, -0.2) is 0 Å². The van der Waals surface area contributed by atoms with E-state index in [1.165, 1.54) is 44.3 Å². The van der Waals surface area contributed by atoms with Crippen molar-refractivity contribution in [2.45, 2.75) is 46.1 Å². The van der Waals surface area contributed by atoms with E-state index in [9.17, 15) is 0 Å². The van der Waals surface area contributed by atoms with Crippen LogP contribution in [0.2, 0.25) is 0 Å². The lowest BCUT2D eigenvalue weighted by molar-refractivity contribution is 0.260. The molecule has 102 valence electrons. The molecule has 1 aromatic rings. The van der Waals surface area contributed by atoms with Gasteiger partial charge in [0.15, 0.2) is 0 Å². The van der Waals surface area contributed by atoms with E-state index in [-0.39, 0.29) is 0 Å². The lowest BCUT2D eigenvalue weighted by Crippen LogP contribution is -2.25. The molecule has 0 N–H and O–H groups in total. The van der Waals surface area contributed by atoms with Crippen molar-refractivity contribution >= 4 is 0 Å². The number of rotatable bonds is 9. The number of hydrogen-bond donors (Lipinski definition) is 0. The Labute approximate surface area is 112 Å². The van der Waals surface area contributed by atoms with Gasteiger partial charge in [-0.2, -0.15) is 0 Å². The molecule has 0 bridgehead atoms. The van der Waals surface area contributed by atoms with Crippen LogP contribution in [0.1, 0.15) is 45.1 Å². The first-order valence-electron chi connectivity index (χ1n) is 7.15. The van der Waals surface area contributed by atoms with E-state index in [4.69, 9.17) is 4.74 Å². The second-order valence-corrected chi connectivity index (χ2v) is 4.83. The van der Waals surface area contributed by atoms with Crippen molar-refractivity contribution in [1.29, 1.82) is 0 Å². The van der Waals surface area contributed by atoms with E-state index >= 15 is 0 Å². The fraction of sp³-hybridized carbons (Fsp3) is 0.625. The lowest BCUT2D eigenvalue weighted by atomic mass is 10.2. The summed E-state index contributed by atoms with van der Waals surface area (Å²) in [6, 6.07) is 8.43. The molecule has 0 atom stereocenters. The summed E-state index contributed by atoms with van der Waals surface area (Å²) in [5, 5.41) is 0. The predicted octanol–water partition coefficient (Wildman–Crippen LogP) is 4.10. The molecule has 1 aromatic carbocycles. The SMILES string of the molecule is CCCCCN(CCC)Cc1ccc(OC)cc1. The van der Waals surface area contributed by atoms with Gasteiger partial charge in [0.1, 0.15) is 5.75 Å². The summed E-state index contributed by atoms with van der Waals surface area (Å²) in [7, 11) is 1.71. The number of hydrogen-bond acceptors (Lipinski definition) is 2. The minimum Gasteiger partial charge on any atom is -0.497 e. The number of nitrogens with zero attached hydrogens (tertiary/aromatic N) is 1. The van der Waals surface area contributed by atoms with Crippen LogP contribution in [0.3, 0.4) is 0 Å². The number of unbranched alkanes of at least 4 members (excludes halogenated alkanes) is 2. The standard InChI is InChI=1S/C16H27NO/c1-4-6-7-13-17(12-5-2)14-15-8-10-16(18-3)11-9-15/h8-11H,4-7,12-14H2,1-3H3. The number of methoxy groups -OCH3 is 1. The molecule has 2 nitrogen and oxygen atoms in total. The molecule has 18 heavy (non-hydrogen) atoms. The summed E-state index contributed by atoms with van der Waals surface area (Å²) in [5.74, 6) is 0.937. The third-order valence-corrected chi connectivity index (χ3v) is 3.18. The zero-order valence-corrected chi connectivity index (χ0v) is 12.1. The van der Waals surface area contributed by atoms with Gasteiger partial charge in [-0.05, 0) is 43.6 Å². The maximum Gasteiger partial charge on any atom is 0.118 e. The maximum absolute atomic E-state index is 5.19. The van der Waals surface area contributed by atoms with Crippen LogP contribution in [0.25, 0.3) is 0 Å². The van der Waals surface area contributed by atoms with Crippen molar-refractivity contribution in [3.05, 3.63) is 29.8 Å². The monoisotopic (exact) mass is 249 g/mol. The van der Waals surface area contributed by atoms with Crippen molar-refractivity contribution in [2.75, 3.05) is 20.2 Å². The molecular weight excluding hydrogens is 222 g/mol. The van der Waals surface area contributed by atoms with Gasteiger partial charge < -0.3 is 4.74 Å². The Bertz CT molecular complexity index is 307. The smallest absolute Gasteiger partial charge is 0.118 e. The summed E-state index contributed by atoms with van der Waals surface area (Å²) < 4.78 is 5.19. The molecule has 0 heterocycles. The van der Waals surface area contributed by atoms with Crippen LogP contribution in [-0.4, -0.2) is 25.1 Å². The Kier molecular flexibility index (Phi) is 7.51. The molecule has 0 fully saturated rings. The number of ether oxygens (including phenoxy) is 1. The van der Waals surface area contributed by atoms with Gasteiger partial charge >= 0.3 is 0 Å². The molecule has 0 radical (unpaired) electrons. The minimum atomic E-state index is 0.937. The van der Waals surface area contributed by atoms with Gasteiger partial charge in [-0.3, -0.25) is 4.90 Å². The Hall–Kier alpha value is -1.02. The zero-order chi connectivity index (χ0) is 13.2. The van der Waals surface area contributed by atoms with Crippen molar-refractivity contribution in [1.82, 2.24) is 4.90 Å². The normalized spacial score (nSPS) is 10.9. The molecule has 0 aliphatic rings. The highest BCUT2D eigenvalue weighted by Gasteiger charge is 2.04. The molecular formula is C16H27NO. The molecule has 0 aliphatic carbocycles. The van der Waals surface area contributed by atoms with Gasteiger partial charge in [0.2, 0.25) is 0 Å². The third-order valence-electron chi connectivity index (χ3n) is 3.18. The average molecular weight is 249 g/mol. The third kappa shape index (κ3) is 5.54. The molecule has 2 heteroatoms. The van der Waals surface area contributed by atoms with Crippen LogP contribution in [-0.2, 0) is 6.54 Å². The van der Waals surface area contributed by atoms with Gasteiger partial charge in [-0.15, -0.1) is 0 Å². The van der Waals surface area contributed by atoms with Crippen molar-refractivity contribution < 1.29 is 4.74 Å². The van der Waals surface area contributed by atoms with Crippen molar-refractivity contribution in [2.24, 2.45) is 0 Å². The largest absolute Gasteiger partial charge is 0.497 e. The van der Waals surface area contributed by atoms with Gasteiger partial charge in [0.25, 0.3) is 0 Å². The molecule has 0 saturated heterocycles. The van der Waals surface area contributed by atoms with E-state index in [2.05, 4.69) is 30.9 Å². The Morgan fingerprint density at radius 1 is 0.944 bits per heavy atom. The molecule has 1 rings (SSSR count). The van der Waals surface area contributed by atoms with E-state index < -0.39 is 0 Å². The van der Waals surface area contributed by atoms with Crippen LogP contribution in [0.4, 0.5) is 0 Å². The van der Waals surface area contributed by atoms with Gasteiger partial charge in [0.05, 0.1) is 7.11 Å². The van der Waals surface area contributed by atoms with Crippen LogP contribution in [0.5, 0.6) is 5.75 Å². The summed E-state index contributed by atoms with van der Waals surface area (Å²) >= 11 is 0. The van der Waals surface area contributed by atoms with Crippen LogP contribution < -0.4 is 4.74 Å². The van der Waals surface area contributed by atoms with E-state index in [0.29, 0.717) is 0 Å². The first-order valence-corrected chi connectivity index (χ1v) is 7.15. The van der Waals surface area contributed by atoms with Crippen molar-refractivity contribution in [3.8, 4) is 5.75 Å². The minimum absolute atomic E-state index is 0.937. The topological polar surface area (TPSA) is 12.5 Å². The first kappa shape index (κ1) is 15.0. The van der Waals surface area contributed by atoms with Crippen LogP contribution >= 0.6 is 0 Å². The number of benzene rings is 1.